The Morgan fingerprint density at radius 2 is 1.67 bits per heavy atom. The molecule has 1 heterocycles. The van der Waals surface area contributed by atoms with Gasteiger partial charge in [-0.05, 0) is 36.2 Å². The molecule has 0 spiro atoms. The highest BCUT2D eigenvalue weighted by atomic mass is 19.1. The van der Waals surface area contributed by atoms with Crippen LogP contribution in [0.2, 0.25) is 0 Å². The number of rotatable bonds is 7. The van der Waals surface area contributed by atoms with Gasteiger partial charge in [-0.3, -0.25) is 9.59 Å². The Morgan fingerprint density at radius 3 is 2.29 bits per heavy atom. The Hall–Kier alpha value is -3.02. The van der Waals surface area contributed by atoms with Gasteiger partial charge in [0, 0.05) is 13.1 Å². The molecule has 0 aliphatic carbocycles. The van der Waals surface area contributed by atoms with Gasteiger partial charge >= 0.3 is 0 Å². The van der Waals surface area contributed by atoms with Gasteiger partial charge in [0.1, 0.15) is 17.2 Å². The second-order valence-corrected chi connectivity index (χ2v) is 5.04. The van der Waals surface area contributed by atoms with Gasteiger partial charge in [-0.2, -0.15) is 0 Å². The zero-order valence-corrected chi connectivity index (χ0v) is 13.1. The van der Waals surface area contributed by atoms with Crippen molar-refractivity contribution >= 4 is 11.8 Å². The molecule has 1 aromatic carbocycles. The topological polar surface area (TPSA) is 71.1 Å². The van der Waals surface area contributed by atoms with Crippen molar-refractivity contribution in [2.75, 3.05) is 13.1 Å². The Bertz CT molecular complexity index is 729. The molecule has 0 fully saturated rings. The Labute approximate surface area is 139 Å². The minimum Gasteiger partial charge on any atom is -0.350 e. The molecule has 124 valence electrons. The number of hydrogen-bond donors (Lipinski definition) is 2. The van der Waals surface area contributed by atoms with Crippen molar-refractivity contribution in [3.63, 3.8) is 0 Å². The van der Waals surface area contributed by atoms with Crippen LogP contribution < -0.4 is 10.6 Å². The van der Waals surface area contributed by atoms with Gasteiger partial charge in [0.15, 0.2) is 0 Å². The first kappa shape index (κ1) is 17.3. The van der Waals surface area contributed by atoms with E-state index in [1.807, 2.05) is 0 Å². The SMILES string of the molecule is C=CCNC(=O)c1cccc(C(=O)NCCc2ccc(F)cc2)n1. The first-order valence-electron chi connectivity index (χ1n) is 7.49. The Balaban J connectivity index is 1.91. The average molecular weight is 327 g/mol. The summed E-state index contributed by atoms with van der Waals surface area (Å²) in [6.45, 7) is 4.23. The van der Waals surface area contributed by atoms with E-state index in [4.69, 9.17) is 0 Å². The summed E-state index contributed by atoms with van der Waals surface area (Å²) in [7, 11) is 0. The van der Waals surface area contributed by atoms with Gasteiger partial charge in [0.25, 0.3) is 11.8 Å². The highest BCUT2D eigenvalue weighted by Gasteiger charge is 2.11. The first-order chi connectivity index (χ1) is 11.6. The van der Waals surface area contributed by atoms with E-state index in [9.17, 15) is 14.0 Å². The van der Waals surface area contributed by atoms with Gasteiger partial charge in [0.2, 0.25) is 0 Å². The second kappa shape index (κ2) is 8.57. The summed E-state index contributed by atoms with van der Waals surface area (Å²) < 4.78 is 12.8. The molecule has 0 aliphatic heterocycles. The van der Waals surface area contributed by atoms with E-state index in [2.05, 4.69) is 22.2 Å². The number of pyridine rings is 1. The lowest BCUT2D eigenvalue weighted by Gasteiger charge is -2.07. The maximum Gasteiger partial charge on any atom is 0.270 e. The summed E-state index contributed by atoms with van der Waals surface area (Å²) >= 11 is 0. The van der Waals surface area contributed by atoms with E-state index in [-0.39, 0.29) is 29.0 Å². The molecule has 0 radical (unpaired) electrons. The van der Waals surface area contributed by atoms with E-state index in [1.165, 1.54) is 24.3 Å². The van der Waals surface area contributed by atoms with Crippen LogP contribution in [0.4, 0.5) is 4.39 Å². The number of aromatic nitrogens is 1. The predicted octanol–water partition coefficient (Wildman–Crippen LogP) is 2.11. The molecule has 5 nitrogen and oxygen atoms in total. The van der Waals surface area contributed by atoms with Crippen LogP contribution in [-0.2, 0) is 6.42 Å². The Kier molecular flexibility index (Phi) is 6.19. The van der Waals surface area contributed by atoms with Crippen LogP contribution in [0.5, 0.6) is 0 Å². The van der Waals surface area contributed by atoms with E-state index >= 15 is 0 Å². The maximum atomic E-state index is 12.8. The number of amides is 2. The van der Waals surface area contributed by atoms with Crippen molar-refractivity contribution in [3.8, 4) is 0 Å². The fraction of sp³-hybridized carbons (Fsp3) is 0.167. The molecular weight excluding hydrogens is 309 g/mol. The molecule has 24 heavy (non-hydrogen) atoms. The lowest BCUT2D eigenvalue weighted by atomic mass is 10.1. The number of carbonyl (C=O) groups is 2. The maximum absolute atomic E-state index is 12.8. The van der Waals surface area contributed by atoms with Crippen LogP contribution in [0.1, 0.15) is 26.5 Å². The molecule has 0 saturated heterocycles. The average Bonchev–Trinajstić information content (AvgIpc) is 2.61. The standard InChI is InChI=1S/C18H18FN3O2/c1-2-11-20-17(23)15-4-3-5-16(22-15)18(24)21-12-10-13-6-8-14(19)9-7-13/h2-9H,1,10-12H2,(H,20,23)(H,21,24). The minimum absolute atomic E-state index is 0.167. The van der Waals surface area contributed by atoms with Crippen LogP contribution in [0, 0.1) is 5.82 Å². The van der Waals surface area contributed by atoms with Gasteiger partial charge in [-0.15, -0.1) is 6.58 Å². The summed E-state index contributed by atoms with van der Waals surface area (Å²) in [5.41, 5.74) is 1.26. The van der Waals surface area contributed by atoms with E-state index in [1.54, 1.807) is 24.3 Å². The summed E-state index contributed by atoms with van der Waals surface area (Å²) in [6, 6.07) is 10.8. The van der Waals surface area contributed by atoms with Gasteiger partial charge in [0.05, 0.1) is 0 Å². The van der Waals surface area contributed by atoms with Crippen LogP contribution in [-0.4, -0.2) is 29.9 Å². The highest BCUT2D eigenvalue weighted by Crippen LogP contribution is 2.03. The van der Waals surface area contributed by atoms with Crippen molar-refractivity contribution in [1.82, 2.24) is 15.6 Å². The van der Waals surface area contributed by atoms with Crippen molar-refractivity contribution in [2.24, 2.45) is 0 Å². The van der Waals surface area contributed by atoms with E-state index in [0.717, 1.165) is 5.56 Å². The number of carbonyl (C=O) groups excluding carboxylic acids is 2. The zero-order valence-electron chi connectivity index (χ0n) is 13.1. The molecule has 0 aliphatic rings. The summed E-state index contributed by atoms with van der Waals surface area (Å²) in [6.07, 6.45) is 2.13. The number of hydrogen-bond acceptors (Lipinski definition) is 3. The van der Waals surface area contributed by atoms with Gasteiger partial charge < -0.3 is 10.6 Å². The molecule has 6 heteroatoms. The molecule has 0 bridgehead atoms. The third-order valence-electron chi connectivity index (χ3n) is 3.23. The predicted molar refractivity (Wildman–Crippen MR) is 89.2 cm³/mol. The van der Waals surface area contributed by atoms with Crippen molar-refractivity contribution < 1.29 is 14.0 Å². The highest BCUT2D eigenvalue weighted by molar-refractivity contribution is 5.96. The summed E-state index contributed by atoms with van der Waals surface area (Å²) in [4.78, 5) is 28.0. The third kappa shape index (κ3) is 5.01. The number of nitrogens with zero attached hydrogens (tertiary/aromatic N) is 1. The monoisotopic (exact) mass is 327 g/mol. The van der Waals surface area contributed by atoms with Crippen molar-refractivity contribution in [3.05, 3.63) is 77.9 Å². The molecule has 2 aromatic rings. The number of halogens is 1. The lowest BCUT2D eigenvalue weighted by Crippen LogP contribution is -2.28. The van der Waals surface area contributed by atoms with Crippen molar-refractivity contribution in [1.29, 1.82) is 0 Å². The fourth-order valence-corrected chi connectivity index (χ4v) is 2.01. The van der Waals surface area contributed by atoms with Gasteiger partial charge in [-0.25, -0.2) is 9.37 Å². The molecule has 1 aromatic heterocycles. The van der Waals surface area contributed by atoms with Crippen LogP contribution >= 0.6 is 0 Å². The van der Waals surface area contributed by atoms with Gasteiger partial charge in [-0.1, -0.05) is 24.3 Å². The molecule has 2 N–H and O–H groups in total. The largest absolute Gasteiger partial charge is 0.350 e. The molecule has 2 amide bonds. The Morgan fingerprint density at radius 1 is 1.04 bits per heavy atom. The molecule has 2 rings (SSSR count). The third-order valence-corrected chi connectivity index (χ3v) is 3.23. The van der Waals surface area contributed by atoms with Crippen molar-refractivity contribution in [2.45, 2.75) is 6.42 Å². The fourth-order valence-electron chi connectivity index (χ4n) is 2.01. The minimum atomic E-state index is -0.365. The number of benzene rings is 1. The molecule has 0 unspecified atom stereocenters. The summed E-state index contributed by atoms with van der Waals surface area (Å²) in [5, 5.41) is 5.33. The van der Waals surface area contributed by atoms with E-state index in [0.29, 0.717) is 19.5 Å². The van der Waals surface area contributed by atoms with Crippen LogP contribution in [0.15, 0.2) is 55.1 Å². The van der Waals surface area contributed by atoms with E-state index < -0.39 is 0 Å². The molecule has 0 atom stereocenters. The lowest BCUT2D eigenvalue weighted by molar-refractivity contribution is 0.0946. The first-order valence-corrected chi connectivity index (χ1v) is 7.49. The number of nitrogens with one attached hydrogen (secondary N) is 2. The summed E-state index contributed by atoms with van der Waals surface area (Å²) in [5.74, 6) is -1.02. The zero-order chi connectivity index (χ0) is 17.4. The second-order valence-electron chi connectivity index (χ2n) is 5.04. The van der Waals surface area contributed by atoms with Crippen LogP contribution in [0.3, 0.4) is 0 Å². The quantitative estimate of drug-likeness (QED) is 0.765. The molecule has 0 saturated carbocycles. The smallest absolute Gasteiger partial charge is 0.270 e. The molecular formula is C18H18FN3O2. The van der Waals surface area contributed by atoms with Crippen LogP contribution in [0.25, 0.3) is 0 Å². The normalized spacial score (nSPS) is 10.0.